The molecule has 0 saturated carbocycles. The minimum atomic E-state index is 0.804. The molecular weight excluding hydrogens is 252 g/mol. The molecule has 0 radical (unpaired) electrons. The topological polar surface area (TPSA) is 0 Å². The SMILES string of the molecule is CCCCCC=CCC=CC/C=C\CCCCCCl. The molecule has 110 valence electrons. The van der Waals surface area contributed by atoms with Gasteiger partial charge in [0.25, 0.3) is 0 Å². The monoisotopic (exact) mass is 282 g/mol. The second-order valence-corrected chi connectivity index (χ2v) is 5.30. The Bertz CT molecular complexity index is 238. The Balaban J connectivity index is 3.26. The van der Waals surface area contributed by atoms with E-state index in [0.717, 1.165) is 25.1 Å². The summed E-state index contributed by atoms with van der Waals surface area (Å²) in [5.41, 5.74) is 0. The molecule has 0 aliphatic carbocycles. The average Bonchev–Trinajstić information content (AvgIpc) is 2.43. The van der Waals surface area contributed by atoms with E-state index in [-0.39, 0.29) is 0 Å². The lowest BCUT2D eigenvalue weighted by atomic mass is 10.2. The molecule has 0 atom stereocenters. The van der Waals surface area contributed by atoms with Gasteiger partial charge in [0, 0.05) is 5.88 Å². The summed E-state index contributed by atoms with van der Waals surface area (Å²) >= 11 is 5.63. The Labute approximate surface area is 125 Å². The van der Waals surface area contributed by atoms with Crippen molar-refractivity contribution < 1.29 is 0 Å². The number of halogens is 1. The fourth-order valence-corrected chi connectivity index (χ4v) is 2.01. The Hall–Kier alpha value is -0.490. The number of unbranched alkanes of at least 4 members (excludes halogenated alkanes) is 6. The summed E-state index contributed by atoms with van der Waals surface area (Å²) in [6, 6.07) is 0. The number of rotatable bonds is 13. The molecule has 0 unspecified atom stereocenters. The highest BCUT2D eigenvalue weighted by atomic mass is 35.5. The fourth-order valence-electron chi connectivity index (χ4n) is 1.82. The standard InChI is InChI=1S/C18H31Cl/c1-2-3-4-5-6-7-8-9-10-11-12-13-14-15-16-17-18-19/h6-7,9-10,12-13H,2-5,8,11,14-18H2,1H3/b7-6?,10-9?,13-12-. The molecular formula is C18H31Cl. The average molecular weight is 283 g/mol. The van der Waals surface area contributed by atoms with Crippen LogP contribution in [0, 0.1) is 0 Å². The highest BCUT2D eigenvalue weighted by Gasteiger charge is 1.84. The van der Waals surface area contributed by atoms with Crippen molar-refractivity contribution in [3.63, 3.8) is 0 Å². The molecule has 0 fully saturated rings. The highest BCUT2D eigenvalue weighted by molar-refractivity contribution is 6.17. The van der Waals surface area contributed by atoms with E-state index in [1.807, 2.05) is 0 Å². The minimum absolute atomic E-state index is 0.804. The molecule has 0 aromatic heterocycles. The molecule has 0 aromatic carbocycles. The third-order valence-corrected chi connectivity index (χ3v) is 3.29. The van der Waals surface area contributed by atoms with Gasteiger partial charge in [-0.25, -0.2) is 0 Å². The van der Waals surface area contributed by atoms with Crippen LogP contribution in [0.25, 0.3) is 0 Å². The molecule has 0 aromatic rings. The van der Waals surface area contributed by atoms with Crippen LogP contribution in [0.1, 0.15) is 71.1 Å². The molecule has 0 heterocycles. The zero-order chi connectivity index (χ0) is 14.0. The lowest BCUT2D eigenvalue weighted by Gasteiger charge is -1.92. The quantitative estimate of drug-likeness (QED) is 0.198. The summed E-state index contributed by atoms with van der Waals surface area (Å²) in [6.45, 7) is 2.25. The van der Waals surface area contributed by atoms with E-state index in [0.29, 0.717) is 0 Å². The highest BCUT2D eigenvalue weighted by Crippen LogP contribution is 2.03. The summed E-state index contributed by atoms with van der Waals surface area (Å²) in [4.78, 5) is 0. The van der Waals surface area contributed by atoms with Crippen molar-refractivity contribution in [1.82, 2.24) is 0 Å². The zero-order valence-electron chi connectivity index (χ0n) is 12.6. The van der Waals surface area contributed by atoms with E-state index >= 15 is 0 Å². The minimum Gasteiger partial charge on any atom is -0.127 e. The lowest BCUT2D eigenvalue weighted by molar-refractivity contribution is 0.728. The number of alkyl halides is 1. The van der Waals surface area contributed by atoms with Crippen LogP contribution in [0.15, 0.2) is 36.5 Å². The molecule has 0 bridgehead atoms. The van der Waals surface area contributed by atoms with Gasteiger partial charge in [-0.05, 0) is 44.9 Å². The molecule has 0 aliphatic rings. The summed E-state index contributed by atoms with van der Waals surface area (Å²) in [5, 5.41) is 0. The number of hydrogen-bond donors (Lipinski definition) is 0. The Kier molecular flexibility index (Phi) is 17.1. The molecule has 0 amide bonds. The van der Waals surface area contributed by atoms with Crippen molar-refractivity contribution in [2.24, 2.45) is 0 Å². The molecule has 0 N–H and O–H groups in total. The maximum absolute atomic E-state index is 5.63. The van der Waals surface area contributed by atoms with Gasteiger partial charge in [0.15, 0.2) is 0 Å². The molecule has 0 aliphatic heterocycles. The van der Waals surface area contributed by atoms with Crippen molar-refractivity contribution in [2.75, 3.05) is 5.88 Å². The van der Waals surface area contributed by atoms with Gasteiger partial charge in [-0.15, -0.1) is 11.6 Å². The maximum Gasteiger partial charge on any atom is 0.0223 e. The predicted molar refractivity (Wildman–Crippen MR) is 90.0 cm³/mol. The van der Waals surface area contributed by atoms with Gasteiger partial charge in [0.1, 0.15) is 0 Å². The molecule has 0 rings (SSSR count). The third kappa shape index (κ3) is 17.5. The molecule has 19 heavy (non-hydrogen) atoms. The lowest BCUT2D eigenvalue weighted by Crippen LogP contribution is -1.76. The van der Waals surface area contributed by atoms with Crippen molar-refractivity contribution in [3.05, 3.63) is 36.5 Å². The first kappa shape index (κ1) is 18.5. The smallest absolute Gasteiger partial charge is 0.0223 e. The van der Waals surface area contributed by atoms with E-state index in [4.69, 9.17) is 11.6 Å². The Morgan fingerprint density at radius 2 is 1.16 bits per heavy atom. The van der Waals surface area contributed by atoms with E-state index in [9.17, 15) is 0 Å². The Morgan fingerprint density at radius 3 is 1.68 bits per heavy atom. The fraction of sp³-hybridized carbons (Fsp3) is 0.667. The van der Waals surface area contributed by atoms with Crippen LogP contribution in [-0.4, -0.2) is 5.88 Å². The summed E-state index contributed by atoms with van der Waals surface area (Å²) in [5.74, 6) is 0.804. The zero-order valence-corrected chi connectivity index (χ0v) is 13.4. The molecule has 1 heteroatoms. The van der Waals surface area contributed by atoms with Crippen LogP contribution in [0.3, 0.4) is 0 Å². The third-order valence-electron chi connectivity index (χ3n) is 3.02. The molecule has 0 spiro atoms. The largest absolute Gasteiger partial charge is 0.127 e. The second kappa shape index (κ2) is 17.5. The Morgan fingerprint density at radius 1 is 0.632 bits per heavy atom. The van der Waals surface area contributed by atoms with Gasteiger partial charge in [0.2, 0.25) is 0 Å². The second-order valence-electron chi connectivity index (χ2n) is 4.92. The van der Waals surface area contributed by atoms with Gasteiger partial charge in [0.05, 0.1) is 0 Å². The van der Waals surface area contributed by atoms with Crippen LogP contribution < -0.4 is 0 Å². The van der Waals surface area contributed by atoms with Gasteiger partial charge in [-0.3, -0.25) is 0 Å². The van der Waals surface area contributed by atoms with Crippen molar-refractivity contribution >= 4 is 11.6 Å². The van der Waals surface area contributed by atoms with Crippen molar-refractivity contribution in [3.8, 4) is 0 Å². The van der Waals surface area contributed by atoms with Gasteiger partial charge in [-0.2, -0.15) is 0 Å². The van der Waals surface area contributed by atoms with Gasteiger partial charge >= 0.3 is 0 Å². The van der Waals surface area contributed by atoms with Crippen LogP contribution in [0.2, 0.25) is 0 Å². The first-order chi connectivity index (χ1) is 9.41. The van der Waals surface area contributed by atoms with E-state index < -0.39 is 0 Å². The van der Waals surface area contributed by atoms with E-state index in [2.05, 4.69) is 43.4 Å². The van der Waals surface area contributed by atoms with Crippen molar-refractivity contribution in [2.45, 2.75) is 71.1 Å². The summed E-state index contributed by atoms with van der Waals surface area (Å²) in [7, 11) is 0. The predicted octanol–water partition coefficient (Wildman–Crippen LogP) is 6.81. The van der Waals surface area contributed by atoms with E-state index in [1.54, 1.807) is 0 Å². The molecule has 0 saturated heterocycles. The first-order valence-corrected chi connectivity index (χ1v) is 8.46. The number of hydrogen-bond acceptors (Lipinski definition) is 0. The van der Waals surface area contributed by atoms with Crippen LogP contribution >= 0.6 is 11.6 Å². The van der Waals surface area contributed by atoms with Crippen molar-refractivity contribution in [1.29, 1.82) is 0 Å². The maximum atomic E-state index is 5.63. The van der Waals surface area contributed by atoms with Crippen LogP contribution in [-0.2, 0) is 0 Å². The summed E-state index contributed by atoms with van der Waals surface area (Å²) < 4.78 is 0. The number of allylic oxidation sites excluding steroid dienone is 6. The first-order valence-electron chi connectivity index (χ1n) is 7.92. The van der Waals surface area contributed by atoms with Crippen LogP contribution in [0.4, 0.5) is 0 Å². The van der Waals surface area contributed by atoms with Crippen LogP contribution in [0.5, 0.6) is 0 Å². The summed E-state index contributed by atoms with van der Waals surface area (Å²) in [6.07, 6.45) is 25.9. The van der Waals surface area contributed by atoms with Gasteiger partial charge in [-0.1, -0.05) is 62.6 Å². The molecule has 0 nitrogen and oxygen atoms in total. The van der Waals surface area contributed by atoms with Gasteiger partial charge < -0.3 is 0 Å². The normalized spacial score (nSPS) is 12.3. The van der Waals surface area contributed by atoms with E-state index in [1.165, 1.54) is 44.9 Å².